The molecule has 0 aliphatic heterocycles. The predicted molar refractivity (Wildman–Crippen MR) is 44.6 cm³/mol. The van der Waals surface area contributed by atoms with Gasteiger partial charge < -0.3 is 9.47 Å². The Bertz CT molecular complexity index is 106. The van der Waals surface area contributed by atoms with E-state index >= 15 is 0 Å². The highest BCUT2D eigenvalue weighted by Crippen LogP contribution is 2.30. The molecule has 11 heavy (non-hydrogen) atoms. The van der Waals surface area contributed by atoms with Crippen LogP contribution in [0.1, 0.15) is 26.7 Å². The normalized spacial score (nSPS) is 30.5. The van der Waals surface area contributed by atoms with Gasteiger partial charge >= 0.3 is 0 Å². The number of rotatable bonds is 4. The first-order valence-electron chi connectivity index (χ1n) is 4.36. The zero-order valence-corrected chi connectivity index (χ0v) is 7.67. The first-order valence-corrected chi connectivity index (χ1v) is 4.36. The van der Waals surface area contributed by atoms with Crippen molar-refractivity contribution in [3.8, 4) is 0 Å². The molecule has 0 atom stereocenters. The Hall–Kier alpha value is -0.0800. The van der Waals surface area contributed by atoms with Crippen LogP contribution in [-0.2, 0) is 9.47 Å². The van der Waals surface area contributed by atoms with E-state index in [9.17, 15) is 0 Å². The molecule has 1 fully saturated rings. The molecule has 2 heteroatoms. The Morgan fingerprint density at radius 2 is 2.00 bits per heavy atom. The summed E-state index contributed by atoms with van der Waals surface area (Å²) < 4.78 is 10.7. The van der Waals surface area contributed by atoms with Crippen molar-refractivity contribution in [1.82, 2.24) is 0 Å². The van der Waals surface area contributed by atoms with E-state index in [4.69, 9.17) is 9.47 Å². The quantitative estimate of drug-likeness (QED) is 0.621. The molecule has 0 N–H and O–H groups in total. The lowest BCUT2D eigenvalue weighted by Crippen LogP contribution is -2.35. The summed E-state index contributed by atoms with van der Waals surface area (Å²) in [7, 11) is 1.76. The Labute approximate surface area is 68.9 Å². The van der Waals surface area contributed by atoms with E-state index in [0.29, 0.717) is 12.2 Å². The fourth-order valence-corrected chi connectivity index (χ4v) is 1.54. The van der Waals surface area contributed by atoms with Gasteiger partial charge in [-0.25, -0.2) is 0 Å². The summed E-state index contributed by atoms with van der Waals surface area (Å²) in [5.41, 5.74) is 0. The zero-order chi connectivity index (χ0) is 8.27. The fraction of sp³-hybridized carbons (Fsp3) is 1.00. The summed E-state index contributed by atoms with van der Waals surface area (Å²) in [5.74, 6) is 0.753. The number of hydrogen-bond donors (Lipinski definition) is 0. The maximum atomic E-state index is 5.61. The van der Waals surface area contributed by atoms with E-state index in [1.807, 2.05) is 0 Å². The topological polar surface area (TPSA) is 18.5 Å². The van der Waals surface area contributed by atoms with Crippen LogP contribution in [0.25, 0.3) is 0 Å². The van der Waals surface area contributed by atoms with Gasteiger partial charge in [-0.15, -0.1) is 0 Å². The van der Waals surface area contributed by atoms with Gasteiger partial charge in [0.1, 0.15) is 0 Å². The minimum atomic E-state index is 0.378. The van der Waals surface area contributed by atoms with E-state index in [2.05, 4.69) is 13.8 Å². The third-order valence-corrected chi connectivity index (χ3v) is 2.06. The first kappa shape index (κ1) is 9.01. The van der Waals surface area contributed by atoms with Crippen LogP contribution in [0.15, 0.2) is 0 Å². The molecule has 1 aliphatic rings. The molecule has 0 radical (unpaired) electrons. The molecule has 0 unspecified atom stereocenters. The van der Waals surface area contributed by atoms with Gasteiger partial charge in [0.25, 0.3) is 0 Å². The third-order valence-electron chi connectivity index (χ3n) is 2.06. The molecule has 0 saturated heterocycles. The zero-order valence-electron chi connectivity index (χ0n) is 7.67. The summed E-state index contributed by atoms with van der Waals surface area (Å²) in [6.45, 7) is 5.07. The molecule has 1 rings (SSSR count). The average molecular weight is 158 g/mol. The predicted octanol–water partition coefficient (Wildman–Crippen LogP) is 1.84. The van der Waals surface area contributed by atoms with Crippen LogP contribution in [-0.4, -0.2) is 25.9 Å². The van der Waals surface area contributed by atoms with Crippen LogP contribution in [0.2, 0.25) is 0 Å². The molecule has 2 nitrogen and oxygen atoms in total. The molecule has 0 amide bonds. The molecule has 0 spiro atoms. The van der Waals surface area contributed by atoms with Gasteiger partial charge in [-0.3, -0.25) is 0 Å². The SMILES string of the molecule is COCC1CC(OC(C)C)C1. The molecule has 66 valence electrons. The molecule has 1 saturated carbocycles. The maximum Gasteiger partial charge on any atom is 0.0585 e. The van der Waals surface area contributed by atoms with Crippen molar-refractivity contribution in [1.29, 1.82) is 0 Å². The molecule has 0 aromatic carbocycles. The van der Waals surface area contributed by atoms with Crippen LogP contribution in [0, 0.1) is 5.92 Å². The summed E-state index contributed by atoms with van der Waals surface area (Å²) in [6, 6.07) is 0. The number of hydrogen-bond acceptors (Lipinski definition) is 2. The van der Waals surface area contributed by atoms with Crippen molar-refractivity contribution in [2.75, 3.05) is 13.7 Å². The van der Waals surface area contributed by atoms with Crippen molar-refractivity contribution in [3.05, 3.63) is 0 Å². The summed E-state index contributed by atoms with van der Waals surface area (Å²) in [5, 5.41) is 0. The maximum absolute atomic E-state index is 5.61. The largest absolute Gasteiger partial charge is 0.384 e. The Morgan fingerprint density at radius 3 is 2.45 bits per heavy atom. The van der Waals surface area contributed by atoms with E-state index < -0.39 is 0 Å². The van der Waals surface area contributed by atoms with Crippen molar-refractivity contribution in [2.24, 2.45) is 5.92 Å². The Balaban J connectivity index is 2.00. The second-order valence-corrected chi connectivity index (χ2v) is 3.60. The first-order chi connectivity index (χ1) is 5.22. The van der Waals surface area contributed by atoms with Crippen LogP contribution in [0.4, 0.5) is 0 Å². The second kappa shape index (κ2) is 4.07. The average Bonchev–Trinajstić information content (AvgIpc) is 1.82. The molecule has 0 aromatic heterocycles. The highest BCUT2D eigenvalue weighted by Gasteiger charge is 2.29. The van der Waals surface area contributed by atoms with Gasteiger partial charge in [0.2, 0.25) is 0 Å². The van der Waals surface area contributed by atoms with Gasteiger partial charge in [-0.2, -0.15) is 0 Å². The van der Waals surface area contributed by atoms with Gasteiger partial charge in [0, 0.05) is 13.7 Å². The van der Waals surface area contributed by atoms with Crippen molar-refractivity contribution >= 4 is 0 Å². The molecular formula is C9H18O2. The Kier molecular flexibility index (Phi) is 3.34. The lowest BCUT2D eigenvalue weighted by Gasteiger charge is -2.35. The van der Waals surface area contributed by atoms with E-state index in [0.717, 1.165) is 12.5 Å². The molecule has 0 bridgehead atoms. The van der Waals surface area contributed by atoms with Crippen molar-refractivity contribution in [3.63, 3.8) is 0 Å². The fourth-order valence-electron chi connectivity index (χ4n) is 1.54. The standard InChI is InChI=1S/C9H18O2/c1-7(2)11-9-4-8(5-9)6-10-3/h7-9H,4-6H2,1-3H3. The molecular weight excluding hydrogens is 140 g/mol. The van der Waals surface area contributed by atoms with E-state index in [1.54, 1.807) is 7.11 Å². The number of methoxy groups -OCH3 is 1. The highest BCUT2D eigenvalue weighted by molar-refractivity contribution is 4.80. The number of ether oxygens (including phenoxy) is 2. The summed E-state index contributed by atoms with van der Waals surface area (Å²) in [4.78, 5) is 0. The minimum Gasteiger partial charge on any atom is -0.384 e. The van der Waals surface area contributed by atoms with Gasteiger partial charge in [0.05, 0.1) is 12.2 Å². The van der Waals surface area contributed by atoms with E-state index in [1.165, 1.54) is 12.8 Å². The lowest BCUT2D eigenvalue weighted by molar-refractivity contribution is -0.0762. The van der Waals surface area contributed by atoms with Crippen LogP contribution in [0.3, 0.4) is 0 Å². The van der Waals surface area contributed by atoms with E-state index in [-0.39, 0.29) is 0 Å². The molecule has 0 heterocycles. The van der Waals surface area contributed by atoms with Gasteiger partial charge in [0.15, 0.2) is 0 Å². The highest BCUT2D eigenvalue weighted by atomic mass is 16.5. The third kappa shape index (κ3) is 2.80. The monoisotopic (exact) mass is 158 g/mol. The van der Waals surface area contributed by atoms with Crippen molar-refractivity contribution in [2.45, 2.75) is 38.9 Å². The van der Waals surface area contributed by atoms with Gasteiger partial charge in [-0.05, 0) is 32.6 Å². The summed E-state index contributed by atoms with van der Waals surface area (Å²) in [6.07, 6.45) is 3.26. The van der Waals surface area contributed by atoms with Crippen molar-refractivity contribution < 1.29 is 9.47 Å². The molecule has 0 aromatic rings. The second-order valence-electron chi connectivity index (χ2n) is 3.60. The molecule has 1 aliphatic carbocycles. The minimum absolute atomic E-state index is 0.378. The smallest absolute Gasteiger partial charge is 0.0585 e. The summed E-state index contributed by atoms with van der Waals surface area (Å²) >= 11 is 0. The van der Waals surface area contributed by atoms with Crippen LogP contribution < -0.4 is 0 Å². The Morgan fingerprint density at radius 1 is 1.36 bits per heavy atom. The lowest BCUT2D eigenvalue weighted by atomic mass is 9.83. The van der Waals surface area contributed by atoms with Gasteiger partial charge in [-0.1, -0.05) is 0 Å². The van der Waals surface area contributed by atoms with Crippen LogP contribution in [0.5, 0.6) is 0 Å². The van der Waals surface area contributed by atoms with Crippen LogP contribution >= 0.6 is 0 Å².